The van der Waals surface area contributed by atoms with Crippen LogP contribution >= 0.6 is 0 Å². The number of fused-ring (bicyclic) bond motifs is 2. The lowest BCUT2D eigenvalue weighted by Crippen LogP contribution is -2.60. The smallest absolute Gasteiger partial charge is 0.173 e. The zero-order valence-corrected chi connectivity index (χ0v) is 11.6. The number of hydrogen-bond acceptors (Lipinski definition) is 4. The van der Waals surface area contributed by atoms with Crippen molar-refractivity contribution < 1.29 is 19.4 Å². The molecular weight excluding hydrogens is 244 g/mol. The van der Waals surface area contributed by atoms with E-state index >= 15 is 0 Å². The quantitative estimate of drug-likeness (QED) is 0.750. The molecule has 4 nitrogen and oxygen atoms in total. The number of furan rings is 1. The Balaban J connectivity index is 2.18. The summed E-state index contributed by atoms with van der Waals surface area (Å²) >= 11 is 0. The Labute approximate surface area is 112 Å². The zero-order valence-electron chi connectivity index (χ0n) is 11.6. The molecule has 0 unspecified atom stereocenters. The molecule has 2 N–H and O–H groups in total. The molecule has 1 aromatic heterocycles. The highest BCUT2D eigenvalue weighted by Crippen LogP contribution is 2.53. The highest BCUT2D eigenvalue weighted by atomic mass is 16.3. The molecule has 4 atom stereocenters. The van der Waals surface area contributed by atoms with Gasteiger partial charge in [0.1, 0.15) is 5.76 Å². The van der Waals surface area contributed by atoms with Gasteiger partial charge in [0.15, 0.2) is 5.78 Å². The van der Waals surface area contributed by atoms with Crippen LogP contribution in [0.2, 0.25) is 0 Å². The van der Waals surface area contributed by atoms with E-state index in [0.717, 1.165) is 5.56 Å². The number of aliphatic hydroxyl groups is 2. The van der Waals surface area contributed by atoms with Gasteiger partial charge in [0.25, 0.3) is 0 Å². The molecule has 3 rings (SSSR count). The second kappa shape index (κ2) is 3.70. The minimum Gasteiger partial charge on any atom is -0.468 e. The van der Waals surface area contributed by atoms with Crippen LogP contribution in [0.1, 0.15) is 48.4 Å². The maximum absolute atomic E-state index is 12.8. The molecule has 2 aliphatic carbocycles. The van der Waals surface area contributed by atoms with Crippen LogP contribution in [-0.4, -0.2) is 27.7 Å². The van der Waals surface area contributed by atoms with Crippen molar-refractivity contribution in [3.63, 3.8) is 0 Å². The molecule has 0 amide bonds. The fourth-order valence-electron chi connectivity index (χ4n) is 4.06. The number of carbonyl (C=O) groups excluding carboxylic acids is 1. The van der Waals surface area contributed by atoms with E-state index in [0.29, 0.717) is 30.6 Å². The van der Waals surface area contributed by atoms with Crippen LogP contribution in [0.15, 0.2) is 10.7 Å². The highest BCUT2D eigenvalue weighted by Gasteiger charge is 2.59. The second-order valence-corrected chi connectivity index (χ2v) is 6.61. The Hall–Kier alpha value is -1.13. The maximum atomic E-state index is 12.8. The van der Waals surface area contributed by atoms with Gasteiger partial charge in [-0.15, -0.1) is 0 Å². The number of rotatable bonds is 0. The lowest BCUT2D eigenvalue weighted by molar-refractivity contribution is -0.136. The van der Waals surface area contributed by atoms with Crippen LogP contribution in [0.25, 0.3) is 0 Å². The lowest BCUT2D eigenvalue weighted by atomic mass is 9.53. The van der Waals surface area contributed by atoms with Crippen molar-refractivity contribution in [2.24, 2.45) is 11.3 Å². The molecule has 104 valence electrons. The third kappa shape index (κ3) is 1.56. The Kier molecular flexibility index (Phi) is 2.51. The monoisotopic (exact) mass is 264 g/mol. The van der Waals surface area contributed by atoms with Gasteiger partial charge in [0, 0.05) is 11.8 Å². The van der Waals surface area contributed by atoms with Crippen molar-refractivity contribution >= 4 is 5.78 Å². The molecule has 19 heavy (non-hydrogen) atoms. The Morgan fingerprint density at radius 1 is 1.42 bits per heavy atom. The summed E-state index contributed by atoms with van der Waals surface area (Å²) in [5.74, 6) is 0.00398. The lowest BCUT2D eigenvalue weighted by Gasteiger charge is -2.53. The third-order valence-electron chi connectivity index (χ3n) is 5.07. The number of aliphatic hydroxyl groups excluding tert-OH is 1. The molecule has 0 aromatic carbocycles. The number of ketones is 1. The molecule has 0 aliphatic heterocycles. The first-order valence-electron chi connectivity index (χ1n) is 6.79. The molecule has 1 fully saturated rings. The van der Waals surface area contributed by atoms with Gasteiger partial charge in [-0.25, -0.2) is 0 Å². The van der Waals surface area contributed by atoms with Gasteiger partial charge in [-0.2, -0.15) is 0 Å². The van der Waals surface area contributed by atoms with E-state index in [1.807, 2.05) is 13.8 Å². The predicted molar refractivity (Wildman–Crippen MR) is 68.9 cm³/mol. The molecular formula is C15H20O4. The fourth-order valence-corrected chi connectivity index (χ4v) is 4.06. The molecule has 1 heterocycles. The normalized spacial score (nSPS) is 41.8. The van der Waals surface area contributed by atoms with Crippen LogP contribution in [0.4, 0.5) is 0 Å². The van der Waals surface area contributed by atoms with E-state index in [9.17, 15) is 15.0 Å². The van der Waals surface area contributed by atoms with Gasteiger partial charge in [0.2, 0.25) is 0 Å². The summed E-state index contributed by atoms with van der Waals surface area (Å²) in [5.41, 5.74) is -0.280. The van der Waals surface area contributed by atoms with Crippen LogP contribution in [0.3, 0.4) is 0 Å². The summed E-state index contributed by atoms with van der Waals surface area (Å²) in [4.78, 5) is 12.8. The molecule has 1 aromatic rings. The van der Waals surface area contributed by atoms with Crippen molar-refractivity contribution in [3.05, 3.63) is 23.2 Å². The Morgan fingerprint density at radius 2 is 2.11 bits per heavy atom. The summed E-state index contributed by atoms with van der Waals surface area (Å²) in [6.07, 6.45) is 2.48. The summed E-state index contributed by atoms with van der Waals surface area (Å²) < 4.78 is 5.47. The van der Waals surface area contributed by atoms with E-state index < -0.39 is 23.0 Å². The van der Waals surface area contributed by atoms with E-state index in [1.165, 1.54) is 0 Å². The topological polar surface area (TPSA) is 70.7 Å². The number of aryl methyl sites for hydroxylation is 1. The first-order valence-corrected chi connectivity index (χ1v) is 6.79. The largest absolute Gasteiger partial charge is 0.468 e. The molecule has 2 aliphatic rings. The molecule has 4 heteroatoms. The van der Waals surface area contributed by atoms with E-state index in [4.69, 9.17) is 4.42 Å². The van der Waals surface area contributed by atoms with Crippen molar-refractivity contribution in [2.45, 2.75) is 51.7 Å². The summed E-state index contributed by atoms with van der Waals surface area (Å²) in [7, 11) is 0. The van der Waals surface area contributed by atoms with Crippen molar-refractivity contribution in [1.29, 1.82) is 0 Å². The number of hydrogen-bond donors (Lipinski definition) is 2. The van der Waals surface area contributed by atoms with Gasteiger partial charge in [-0.3, -0.25) is 4.79 Å². The van der Waals surface area contributed by atoms with Crippen LogP contribution in [-0.2, 0) is 6.42 Å². The van der Waals surface area contributed by atoms with Crippen molar-refractivity contribution in [2.75, 3.05) is 0 Å². The number of Topliss-reactive ketones (excluding diaryl/α,β-unsaturated/α-hetero) is 1. The standard InChI is InChI=1S/C15H20O4/c1-8-7-19-9-6-14(2)10(16)4-5-15(3,18)13(14)12(17)11(8)9/h7,10,13,16,18H,4-6H2,1-3H3/t10-,13-,14-,15-/m0/s1. The van der Waals surface area contributed by atoms with Crippen LogP contribution in [0.5, 0.6) is 0 Å². The third-order valence-corrected chi connectivity index (χ3v) is 5.07. The van der Waals surface area contributed by atoms with Crippen LogP contribution in [0, 0.1) is 18.3 Å². The van der Waals surface area contributed by atoms with Gasteiger partial charge in [0.05, 0.1) is 29.4 Å². The maximum Gasteiger partial charge on any atom is 0.173 e. The minimum absolute atomic E-state index is 0.0845. The predicted octanol–water partition coefficient (Wildman–Crippen LogP) is 1.86. The average Bonchev–Trinajstić information content (AvgIpc) is 2.65. The minimum atomic E-state index is -1.06. The Bertz CT molecular complexity index is 542. The average molecular weight is 264 g/mol. The van der Waals surface area contributed by atoms with Gasteiger partial charge in [-0.05, 0) is 32.3 Å². The van der Waals surface area contributed by atoms with Gasteiger partial charge in [-0.1, -0.05) is 6.92 Å². The first-order chi connectivity index (χ1) is 8.77. The second-order valence-electron chi connectivity index (χ2n) is 6.61. The Morgan fingerprint density at radius 3 is 2.79 bits per heavy atom. The molecule has 0 saturated heterocycles. The molecule has 1 saturated carbocycles. The zero-order chi connectivity index (χ0) is 14.0. The molecule has 0 bridgehead atoms. The molecule has 0 radical (unpaired) electrons. The van der Waals surface area contributed by atoms with E-state index in [2.05, 4.69) is 0 Å². The fraction of sp³-hybridized carbons (Fsp3) is 0.667. The van der Waals surface area contributed by atoms with Crippen LogP contribution < -0.4 is 0 Å². The summed E-state index contributed by atoms with van der Waals surface area (Å²) in [5, 5.41) is 21.0. The van der Waals surface area contributed by atoms with Gasteiger partial charge < -0.3 is 14.6 Å². The highest BCUT2D eigenvalue weighted by molar-refractivity contribution is 6.02. The number of carbonyl (C=O) groups is 1. The summed E-state index contributed by atoms with van der Waals surface area (Å²) in [6.45, 7) is 5.44. The summed E-state index contributed by atoms with van der Waals surface area (Å²) in [6, 6.07) is 0. The van der Waals surface area contributed by atoms with Crippen molar-refractivity contribution in [1.82, 2.24) is 0 Å². The molecule has 0 spiro atoms. The van der Waals surface area contributed by atoms with E-state index in [1.54, 1.807) is 13.2 Å². The van der Waals surface area contributed by atoms with E-state index in [-0.39, 0.29) is 5.78 Å². The SMILES string of the molecule is Cc1coc2c1C(=O)[C@H]1[C@@](C)(C2)[C@@H](O)CC[C@]1(C)O. The van der Waals surface area contributed by atoms with Crippen molar-refractivity contribution in [3.8, 4) is 0 Å². The van der Waals surface area contributed by atoms with Gasteiger partial charge >= 0.3 is 0 Å². The first kappa shape index (κ1) is 12.9.